The van der Waals surface area contributed by atoms with Gasteiger partial charge in [0.1, 0.15) is 6.54 Å². The van der Waals surface area contributed by atoms with Gasteiger partial charge in [0.2, 0.25) is 5.91 Å². The standard InChI is InChI=1S/C11H17N3O3/c12-3-4-13-10(15)8-14-5-1-2-9(7-14)6-11(16)17/h9H,1-2,4-8H2,(H,13,15)(H,16,17). The average molecular weight is 239 g/mol. The van der Waals surface area contributed by atoms with Gasteiger partial charge < -0.3 is 10.4 Å². The maximum atomic E-state index is 11.4. The van der Waals surface area contributed by atoms with E-state index in [-0.39, 0.29) is 31.3 Å². The van der Waals surface area contributed by atoms with Crippen molar-refractivity contribution in [1.29, 1.82) is 5.26 Å². The fourth-order valence-corrected chi connectivity index (χ4v) is 2.11. The predicted octanol–water partition coefficient (Wildman–Crippen LogP) is -0.187. The molecule has 6 nitrogen and oxygen atoms in total. The average Bonchev–Trinajstić information content (AvgIpc) is 2.26. The number of carboxylic acid groups (broad SMARTS) is 1. The van der Waals surface area contributed by atoms with Gasteiger partial charge in [-0.3, -0.25) is 14.5 Å². The van der Waals surface area contributed by atoms with Crippen molar-refractivity contribution in [2.45, 2.75) is 19.3 Å². The quantitative estimate of drug-likeness (QED) is 0.649. The zero-order chi connectivity index (χ0) is 12.7. The Kier molecular flexibility index (Phi) is 5.43. The van der Waals surface area contributed by atoms with Crippen molar-refractivity contribution in [3.8, 4) is 6.07 Å². The van der Waals surface area contributed by atoms with Crippen LogP contribution in [0.3, 0.4) is 0 Å². The molecule has 2 N–H and O–H groups in total. The molecule has 1 amide bonds. The molecule has 0 aromatic carbocycles. The molecule has 94 valence electrons. The number of hydrogen-bond donors (Lipinski definition) is 2. The highest BCUT2D eigenvalue weighted by atomic mass is 16.4. The topological polar surface area (TPSA) is 93.4 Å². The summed E-state index contributed by atoms with van der Waals surface area (Å²) >= 11 is 0. The van der Waals surface area contributed by atoms with Crippen LogP contribution < -0.4 is 5.32 Å². The molecule has 0 aliphatic carbocycles. The zero-order valence-corrected chi connectivity index (χ0v) is 9.69. The number of carbonyl (C=O) groups excluding carboxylic acids is 1. The molecular weight excluding hydrogens is 222 g/mol. The molecule has 1 saturated heterocycles. The zero-order valence-electron chi connectivity index (χ0n) is 9.69. The molecule has 1 aliphatic heterocycles. The highest BCUT2D eigenvalue weighted by Gasteiger charge is 2.23. The van der Waals surface area contributed by atoms with Gasteiger partial charge in [0, 0.05) is 13.0 Å². The first kappa shape index (κ1) is 13.5. The number of carbonyl (C=O) groups is 2. The number of amides is 1. The Morgan fingerprint density at radius 3 is 2.94 bits per heavy atom. The summed E-state index contributed by atoms with van der Waals surface area (Å²) in [6, 6.07) is 1.84. The van der Waals surface area contributed by atoms with Gasteiger partial charge in [-0.25, -0.2) is 0 Å². The second-order valence-electron chi connectivity index (χ2n) is 4.28. The van der Waals surface area contributed by atoms with E-state index in [2.05, 4.69) is 5.32 Å². The molecule has 1 aliphatic rings. The van der Waals surface area contributed by atoms with E-state index in [1.54, 1.807) is 0 Å². The second kappa shape index (κ2) is 6.86. The summed E-state index contributed by atoms with van der Waals surface area (Å²) < 4.78 is 0. The summed E-state index contributed by atoms with van der Waals surface area (Å²) in [6.07, 6.45) is 1.99. The molecule has 0 aromatic rings. The minimum Gasteiger partial charge on any atom is -0.481 e. The number of nitrogens with zero attached hydrogens (tertiary/aromatic N) is 2. The number of carboxylic acids is 1. The number of piperidine rings is 1. The Labute approximate surface area is 100 Å². The molecule has 17 heavy (non-hydrogen) atoms. The van der Waals surface area contributed by atoms with E-state index in [9.17, 15) is 9.59 Å². The van der Waals surface area contributed by atoms with Gasteiger partial charge in [-0.15, -0.1) is 0 Å². The van der Waals surface area contributed by atoms with Gasteiger partial charge in [0.25, 0.3) is 0 Å². The third kappa shape index (κ3) is 5.31. The summed E-state index contributed by atoms with van der Waals surface area (Å²) in [5.74, 6) is -0.835. The Hall–Kier alpha value is -1.61. The van der Waals surface area contributed by atoms with Crippen LogP contribution in [0.15, 0.2) is 0 Å². The molecule has 1 heterocycles. The van der Waals surface area contributed by atoms with E-state index in [1.165, 1.54) is 0 Å². The van der Waals surface area contributed by atoms with E-state index in [0.717, 1.165) is 19.4 Å². The highest BCUT2D eigenvalue weighted by molar-refractivity contribution is 5.78. The summed E-state index contributed by atoms with van der Waals surface area (Å²) in [5.41, 5.74) is 0. The summed E-state index contributed by atoms with van der Waals surface area (Å²) in [4.78, 5) is 23.9. The highest BCUT2D eigenvalue weighted by Crippen LogP contribution is 2.19. The van der Waals surface area contributed by atoms with Gasteiger partial charge in [0.05, 0.1) is 12.6 Å². The molecule has 1 unspecified atom stereocenters. The van der Waals surface area contributed by atoms with Crippen molar-refractivity contribution in [2.24, 2.45) is 5.92 Å². The van der Waals surface area contributed by atoms with Crippen LogP contribution in [0.4, 0.5) is 0 Å². The molecule has 0 radical (unpaired) electrons. The minimum atomic E-state index is -0.786. The first-order valence-corrected chi connectivity index (χ1v) is 5.69. The molecule has 1 fully saturated rings. The first-order valence-electron chi connectivity index (χ1n) is 5.69. The summed E-state index contributed by atoms with van der Waals surface area (Å²) in [7, 11) is 0. The Morgan fingerprint density at radius 1 is 1.53 bits per heavy atom. The van der Waals surface area contributed by atoms with E-state index in [1.807, 2.05) is 11.0 Å². The third-order valence-corrected chi connectivity index (χ3v) is 2.80. The van der Waals surface area contributed by atoms with Crippen LogP contribution in [0.2, 0.25) is 0 Å². The van der Waals surface area contributed by atoms with E-state index in [0.29, 0.717) is 6.54 Å². The van der Waals surface area contributed by atoms with Crippen molar-refractivity contribution in [3.05, 3.63) is 0 Å². The SMILES string of the molecule is N#CCNC(=O)CN1CCCC(CC(=O)O)C1. The van der Waals surface area contributed by atoms with Crippen LogP contribution in [0.25, 0.3) is 0 Å². The normalized spacial score (nSPS) is 20.5. The van der Waals surface area contributed by atoms with E-state index in [4.69, 9.17) is 10.4 Å². The second-order valence-corrected chi connectivity index (χ2v) is 4.28. The molecule has 0 saturated carbocycles. The predicted molar refractivity (Wildman–Crippen MR) is 60.0 cm³/mol. The number of likely N-dealkylation sites (tertiary alicyclic amines) is 1. The lowest BCUT2D eigenvalue weighted by atomic mass is 9.95. The number of nitriles is 1. The molecule has 0 aromatic heterocycles. The smallest absolute Gasteiger partial charge is 0.303 e. The Bertz CT molecular complexity index is 324. The van der Waals surface area contributed by atoms with E-state index < -0.39 is 5.97 Å². The molecular formula is C11H17N3O3. The van der Waals surface area contributed by atoms with Gasteiger partial charge in [0.15, 0.2) is 0 Å². The van der Waals surface area contributed by atoms with Gasteiger partial charge in [-0.2, -0.15) is 5.26 Å². The van der Waals surface area contributed by atoms with Crippen molar-refractivity contribution in [1.82, 2.24) is 10.2 Å². The molecule has 0 bridgehead atoms. The van der Waals surface area contributed by atoms with Gasteiger partial charge in [-0.05, 0) is 25.3 Å². The Morgan fingerprint density at radius 2 is 2.29 bits per heavy atom. The molecule has 1 atom stereocenters. The van der Waals surface area contributed by atoms with Crippen LogP contribution in [0.5, 0.6) is 0 Å². The van der Waals surface area contributed by atoms with Crippen LogP contribution in [0.1, 0.15) is 19.3 Å². The lowest BCUT2D eigenvalue weighted by molar-refractivity contribution is -0.138. The summed E-state index contributed by atoms with van der Waals surface area (Å²) in [6.45, 7) is 1.73. The van der Waals surface area contributed by atoms with Crippen LogP contribution in [0, 0.1) is 17.2 Å². The Balaban J connectivity index is 2.31. The molecule has 0 spiro atoms. The van der Waals surface area contributed by atoms with Crippen molar-refractivity contribution in [2.75, 3.05) is 26.2 Å². The van der Waals surface area contributed by atoms with Crippen molar-refractivity contribution in [3.63, 3.8) is 0 Å². The minimum absolute atomic E-state index is 0.0191. The molecule has 6 heteroatoms. The van der Waals surface area contributed by atoms with Crippen molar-refractivity contribution < 1.29 is 14.7 Å². The summed E-state index contributed by atoms with van der Waals surface area (Å²) in [5, 5.41) is 19.5. The van der Waals surface area contributed by atoms with Crippen LogP contribution >= 0.6 is 0 Å². The fraction of sp³-hybridized carbons (Fsp3) is 0.727. The number of aliphatic carboxylic acids is 1. The van der Waals surface area contributed by atoms with Gasteiger partial charge in [-0.1, -0.05) is 0 Å². The maximum absolute atomic E-state index is 11.4. The van der Waals surface area contributed by atoms with E-state index >= 15 is 0 Å². The van der Waals surface area contributed by atoms with Crippen LogP contribution in [-0.4, -0.2) is 48.1 Å². The van der Waals surface area contributed by atoms with Gasteiger partial charge >= 0.3 is 5.97 Å². The number of hydrogen-bond acceptors (Lipinski definition) is 4. The van der Waals surface area contributed by atoms with Crippen molar-refractivity contribution >= 4 is 11.9 Å². The monoisotopic (exact) mass is 239 g/mol. The van der Waals surface area contributed by atoms with Crippen LogP contribution in [-0.2, 0) is 9.59 Å². The molecule has 1 rings (SSSR count). The third-order valence-electron chi connectivity index (χ3n) is 2.80. The first-order chi connectivity index (χ1) is 8.11. The largest absolute Gasteiger partial charge is 0.481 e. The fourth-order valence-electron chi connectivity index (χ4n) is 2.11. The lowest BCUT2D eigenvalue weighted by Crippen LogP contribution is -2.43. The lowest BCUT2D eigenvalue weighted by Gasteiger charge is -2.31. The maximum Gasteiger partial charge on any atom is 0.303 e. The number of rotatable bonds is 5. The number of nitrogens with one attached hydrogen (secondary N) is 1.